The fourth-order valence-corrected chi connectivity index (χ4v) is 3.34. The zero-order valence-corrected chi connectivity index (χ0v) is 15.4. The van der Waals surface area contributed by atoms with E-state index in [1.54, 1.807) is 36.2 Å². The number of carbonyl (C=O) groups is 1. The number of likely N-dealkylation sites (N-methyl/N-ethyl adjacent to an activating group) is 1. The molecule has 2 aromatic rings. The average Bonchev–Trinajstić information content (AvgIpc) is 3.13. The van der Waals surface area contributed by atoms with Gasteiger partial charge in [-0.05, 0) is 54.7 Å². The topological polar surface area (TPSA) is 44.4 Å². The summed E-state index contributed by atoms with van der Waals surface area (Å²) in [5.41, 5.74) is 8.43. The van der Waals surface area contributed by atoms with Crippen LogP contribution in [0.2, 0.25) is 0 Å². The van der Waals surface area contributed by atoms with E-state index in [-0.39, 0.29) is 30.0 Å². The Balaban J connectivity index is 1.38. The number of rotatable bonds is 7. The molecular formula is C21H25F2N3O. The summed E-state index contributed by atoms with van der Waals surface area (Å²) in [6.07, 6.45) is 3.05. The molecule has 2 unspecified atom stereocenters. The molecular weight excluding hydrogens is 348 g/mol. The van der Waals surface area contributed by atoms with Crippen LogP contribution in [0.15, 0.2) is 48.5 Å². The Morgan fingerprint density at radius 2 is 1.67 bits per heavy atom. The lowest BCUT2D eigenvalue weighted by atomic mass is 9.99. The second-order valence-electron chi connectivity index (χ2n) is 7.09. The average molecular weight is 373 g/mol. The molecule has 2 N–H and O–H groups in total. The predicted molar refractivity (Wildman–Crippen MR) is 101 cm³/mol. The number of hydrogen-bond acceptors (Lipinski definition) is 3. The standard InChI is InChI=1S/C21H25F2N3O/c1-26(21(27)13-15-4-8-17(22)9-5-15)12-2-3-19-14-20(25-24-19)16-6-10-18(23)11-7-16/h4-11,19-20,24-25H,2-3,12-14H2,1H3. The van der Waals surface area contributed by atoms with Gasteiger partial charge in [0.25, 0.3) is 0 Å². The van der Waals surface area contributed by atoms with Crippen LogP contribution in [-0.2, 0) is 11.2 Å². The molecule has 0 bridgehead atoms. The zero-order valence-electron chi connectivity index (χ0n) is 15.4. The summed E-state index contributed by atoms with van der Waals surface area (Å²) in [7, 11) is 1.80. The largest absolute Gasteiger partial charge is 0.345 e. The molecule has 2 aromatic carbocycles. The smallest absolute Gasteiger partial charge is 0.226 e. The van der Waals surface area contributed by atoms with Crippen molar-refractivity contribution in [3.8, 4) is 0 Å². The van der Waals surface area contributed by atoms with E-state index >= 15 is 0 Å². The summed E-state index contributed by atoms with van der Waals surface area (Å²) in [4.78, 5) is 14.0. The maximum absolute atomic E-state index is 13.0. The van der Waals surface area contributed by atoms with Gasteiger partial charge in [-0.3, -0.25) is 15.6 Å². The van der Waals surface area contributed by atoms with E-state index in [9.17, 15) is 13.6 Å². The van der Waals surface area contributed by atoms with Gasteiger partial charge in [0.2, 0.25) is 5.91 Å². The van der Waals surface area contributed by atoms with Crippen molar-refractivity contribution < 1.29 is 13.6 Å². The number of hydrogen-bond donors (Lipinski definition) is 2. The molecule has 0 radical (unpaired) electrons. The van der Waals surface area contributed by atoms with E-state index in [0.717, 1.165) is 30.4 Å². The molecule has 1 aliphatic heterocycles. The molecule has 6 heteroatoms. The van der Waals surface area contributed by atoms with Gasteiger partial charge >= 0.3 is 0 Å². The summed E-state index contributed by atoms with van der Waals surface area (Å²) < 4.78 is 26.0. The van der Waals surface area contributed by atoms with Crippen LogP contribution in [0, 0.1) is 11.6 Å². The van der Waals surface area contributed by atoms with Crippen LogP contribution in [0.4, 0.5) is 8.78 Å². The number of halogens is 2. The maximum atomic E-state index is 13.0. The lowest BCUT2D eigenvalue weighted by molar-refractivity contribution is -0.129. The third kappa shape index (κ3) is 5.58. The first kappa shape index (κ1) is 19.5. The number of amides is 1. The fraction of sp³-hybridized carbons (Fsp3) is 0.381. The molecule has 27 heavy (non-hydrogen) atoms. The van der Waals surface area contributed by atoms with E-state index < -0.39 is 0 Å². The summed E-state index contributed by atoms with van der Waals surface area (Å²) in [6.45, 7) is 0.680. The van der Waals surface area contributed by atoms with E-state index in [2.05, 4.69) is 10.9 Å². The predicted octanol–water partition coefficient (Wildman–Crippen LogP) is 3.35. The third-order valence-corrected chi connectivity index (χ3v) is 4.99. The normalized spacial score (nSPS) is 19.2. The molecule has 1 heterocycles. The highest BCUT2D eigenvalue weighted by Gasteiger charge is 2.24. The van der Waals surface area contributed by atoms with Gasteiger partial charge in [-0.25, -0.2) is 8.78 Å². The Morgan fingerprint density at radius 1 is 1.04 bits per heavy atom. The van der Waals surface area contributed by atoms with Crippen molar-refractivity contribution in [2.45, 2.75) is 37.8 Å². The first-order chi connectivity index (χ1) is 13.0. The summed E-state index contributed by atoms with van der Waals surface area (Å²) >= 11 is 0. The number of nitrogens with zero attached hydrogens (tertiary/aromatic N) is 1. The molecule has 0 saturated carbocycles. The van der Waals surface area contributed by atoms with Crippen LogP contribution in [0.1, 0.15) is 36.4 Å². The summed E-state index contributed by atoms with van der Waals surface area (Å²) in [5.74, 6) is -0.492. The van der Waals surface area contributed by atoms with Crippen LogP contribution in [0.25, 0.3) is 0 Å². The molecule has 0 spiro atoms. The van der Waals surface area contributed by atoms with Crippen molar-refractivity contribution in [1.82, 2.24) is 15.8 Å². The molecule has 0 aliphatic carbocycles. The van der Waals surface area contributed by atoms with Crippen LogP contribution < -0.4 is 10.9 Å². The monoisotopic (exact) mass is 373 g/mol. The minimum absolute atomic E-state index is 0.0308. The Morgan fingerprint density at radius 3 is 2.33 bits per heavy atom. The SMILES string of the molecule is CN(CCCC1CC(c2ccc(F)cc2)NN1)C(=O)Cc1ccc(F)cc1. The second kappa shape index (κ2) is 9.06. The van der Waals surface area contributed by atoms with Gasteiger partial charge in [0, 0.05) is 25.7 Å². The van der Waals surface area contributed by atoms with Gasteiger partial charge in [0.1, 0.15) is 11.6 Å². The first-order valence-electron chi connectivity index (χ1n) is 9.26. The molecule has 144 valence electrons. The summed E-state index contributed by atoms with van der Waals surface area (Å²) in [5, 5.41) is 0. The van der Waals surface area contributed by atoms with E-state index in [1.165, 1.54) is 24.3 Å². The van der Waals surface area contributed by atoms with Crippen LogP contribution in [-0.4, -0.2) is 30.4 Å². The van der Waals surface area contributed by atoms with Crippen LogP contribution in [0.3, 0.4) is 0 Å². The van der Waals surface area contributed by atoms with Crippen molar-refractivity contribution in [2.24, 2.45) is 0 Å². The molecule has 1 saturated heterocycles. The Kier molecular flexibility index (Phi) is 6.53. The zero-order chi connectivity index (χ0) is 19.2. The van der Waals surface area contributed by atoms with Crippen molar-refractivity contribution in [2.75, 3.05) is 13.6 Å². The number of benzene rings is 2. The molecule has 1 amide bonds. The van der Waals surface area contributed by atoms with Crippen molar-refractivity contribution >= 4 is 5.91 Å². The number of carbonyl (C=O) groups excluding carboxylic acids is 1. The Hall–Kier alpha value is -2.31. The molecule has 1 aliphatic rings. The van der Waals surface area contributed by atoms with Gasteiger partial charge in [-0.2, -0.15) is 0 Å². The van der Waals surface area contributed by atoms with E-state index in [1.807, 2.05) is 0 Å². The van der Waals surface area contributed by atoms with Gasteiger partial charge in [-0.1, -0.05) is 24.3 Å². The van der Waals surface area contributed by atoms with Crippen molar-refractivity contribution in [3.63, 3.8) is 0 Å². The summed E-state index contributed by atoms with van der Waals surface area (Å²) in [6, 6.07) is 13.1. The van der Waals surface area contributed by atoms with Crippen molar-refractivity contribution in [3.05, 3.63) is 71.3 Å². The quantitative estimate of drug-likeness (QED) is 0.782. The molecule has 2 atom stereocenters. The van der Waals surface area contributed by atoms with Crippen LogP contribution >= 0.6 is 0 Å². The maximum Gasteiger partial charge on any atom is 0.226 e. The van der Waals surface area contributed by atoms with Crippen LogP contribution in [0.5, 0.6) is 0 Å². The lowest BCUT2D eigenvalue weighted by Gasteiger charge is -2.18. The Labute approximate surface area is 158 Å². The third-order valence-electron chi connectivity index (χ3n) is 4.99. The highest BCUT2D eigenvalue weighted by atomic mass is 19.1. The fourth-order valence-electron chi connectivity index (χ4n) is 3.34. The van der Waals surface area contributed by atoms with Gasteiger partial charge in [0.15, 0.2) is 0 Å². The Bertz CT molecular complexity index is 749. The first-order valence-corrected chi connectivity index (χ1v) is 9.26. The molecule has 1 fully saturated rings. The number of hydrazine groups is 1. The highest BCUT2D eigenvalue weighted by Crippen LogP contribution is 2.24. The lowest BCUT2D eigenvalue weighted by Crippen LogP contribution is -2.33. The molecule has 0 aromatic heterocycles. The molecule has 3 rings (SSSR count). The van der Waals surface area contributed by atoms with Crippen molar-refractivity contribution in [1.29, 1.82) is 0 Å². The van der Waals surface area contributed by atoms with Gasteiger partial charge < -0.3 is 4.90 Å². The van der Waals surface area contributed by atoms with Gasteiger partial charge in [-0.15, -0.1) is 0 Å². The highest BCUT2D eigenvalue weighted by molar-refractivity contribution is 5.78. The van der Waals surface area contributed by atoms with Gasteiger partial charge in [0.05, 0.1) is 6.42 Å². The number of nitrogens with one attached hydrogen (secondary N) is 2. The van der Waals surface area contributed by atoms with E-state index in [4.69, 9.17) is 0 Å². The van der Waals surface area contributed by atoms with E-state index in [0.29, 0.717) is 12.6 Å². The minimum Gasteiger partial charge on any atom is -0.345 e. The molecule has 4 nitrogen and oxygen atoms in total. The minimum atomic E-state index is -0.295. The second-order valence-corrected chi connectivity index (χ2v) is 7.09.